The molecule has 2 aromatic heterocycles. The van der Waals surface area contributed by atoms with Crippen molar-refractivity contribution in [3.8, 4) is 17.0 Å². The Morgan fingerprint density at radius 1 is 1.07 bits per heavy atom. The molecule has 3 heterocycles. The van der Waals surface area contributed by atoms with Gasteiger partial charge in [0.25, 0.3) is 0 Å². The highest BCUT2D eigenvalue weighted by atomic mass is 28.4. The van der Waals surface area contributed by atoms with Crippen LogP contribution in [-0.2, 0) is 27.4 Å². The van der Waals surface area contributed by atoms with E-state index in [0.717, 1.165) is 73.2 Å². The van der Waals surface area contributed by atoms with Gasteiger partial charge in [0.15, 0.2) is 6.23 Å². The lowest BCUT2D eigenvalue weighted by Crippen LogP contribution is -2.43. The molecule has 0 radical (unpaired) electrons. The number of aryl methyl sites for hydroxylation is 1. The van der Waals surface area contributed by atoms with Crippen molar-refractivity contribution in [2.45, 2.75) is 103 Å². The van der Waals surface area contributed by atoms with Crippen LogP contribution in [0.3, 0.4) is 0 Å². The summed E-state index contributed by atoms with van der Waals surface area (Å²) in [5.74, 6) is 0.901. The summed E-state index contributed by atoms with van der Waals surface area (Å²) in [6.07, 6.45) is 9.07. The van der Waals surface area contributed by atoms with Crippen molar-refractivity contribution in [1.82, 2.24) is 19.6 Å². The molecule has 1 aliphatic rings. The summed E-state index contributed by atoms with van der Waals surface area (Å²) in [7, 11) is -1.99. The van der Waals surface area contributed by atoms with Gasteiger partial charge in [-0.05, 0) is 80.9 Å². The Morgan fingerprint density at radius 2 is 1.89 bits per heavy atom. The van der Waals surface area contributed by atoms with Gasteiger partial charge >= 0.3 is 0 Å². The van der Waals surface area contributed by atoms with E-state index in [-0.39, 0.29) is 17.4 Å². The predicted molar refractivity (Wildman–Crippen MR) is 178 cm³/mol. The number of aromatic nitrogens is 4. The Hall–Kier alpha value is -2.98. The number of ether oxygens (including phenoxy) is 3. The number of hydrogen-bond donors (Lipinski definition) is 0. The smallest absolute Gasteiger partial charge is 0.250 e. The quantitative estimate of drug-likeness (QED) is 0.104. The topological polar surface area (TPSA) is 72.6 Å². The summed E-state index contributed by atoms with van der Waals surface area (Å²) >= 11 is 0. The molecule has 9 heteroatoms. The standard InChI is InChI=1S/C35H50N4O4Si/c1-27(41-22-12-20-40-26-28-13-8-7-9-14-28)18-19-38-25-29(24-36-38)34-31-23-30(43-44(5,6)35(2,3)4)16-17-32(31)39(37-34)33-15-10-11-21-42-33/h7-9,13-14,16-17,23-25,27,33H,10-12,15,18-22,26H2,1-6H3. The molecule has 5 rings (SSSR count). The van der Waals surface area contributed by atoms with Crippen LogP contribution in [0, 0.1) is 0 Å². The van der Waals surface area contributed by atoms with Crippen LogP contribution < -0.4 is 4.43 Å². The van der Waals surface area contributed by atoms with E-state index in [9.17, 15) is 0 Å². The van der Waals surface area contributed by atoms with Crippen LogP contribution in [0.4, 0.5) is 0 Å². The molecule has 0 saturated carbocycles. The van der Waals surface area contributed by atoms with Gasteiger partial charge in [0.2, 0.25) is 8.32 Å². The summed E-state index contributed by atoms with van der Waals surface area (Å²) in [6.45, 7) is 17.1. The van der Waals surface area contributed by atoms with E-state index >= 15 is 0 Å². The number of hydrogen-bond acceptors (Lipinski definition) is 6. The molecule has 0 amide bonds. The lowest BCUT2D eigenvalue weighted by Gasteiger charge is -2.36. The lowest BCUT2D eigenvalue weighted by molar-refractivity contribution is -0.0365. The maximum absolute atomic E-state index is 6.69. The van der Waals surface area contributed by atoms with Crippen molar-refractivity contribution in [1.29, 1.82) is 0 Å². The number of benzene rings is 2. The molecular formula is C35H50N4O4Si. The fourth-order valence-electron chi connectivity index (χ4n) is 5.20. The Morgan fingerprint density at radius 3 is 2.64 bits per heavy atom. The second-order valence-corrected chi connectivity index (χ2v) is 18.2. The molecule has 1 aliphatic heterocycles. The number of nitrogens with zero attached hydrogens (tertiary/aromatic N) is 4. The SMILES string of the molecule is CC(CCn1cc(-c2nn(C3CCCCO3)c3ccc(O[Si](C)(C)C(C)(C)C)cc23)cn1)OCCCOCc1ccccc1. The Bertz CT molecular complexity index is 1470. The fraction of sp³-hybridized carbons (Fsp3) is 0.543. The van der Waals surface area contributed by atoms with Gasteiger partial charge in [-0.1, -0.05) is 51.1 Å². The fourth-order valence-corrected chi connectivity index (χ4v) is 6.22. The summed E-state index contributed by atoms with van der Waals surface area (Å²) in [5, 5.41) is 11.0. The first-order valence-corrected chi connectivity index (χ1v) is 19.1. The normalized spacial score (nSPS) is 16.8. The second-order valence-electron chi connectivity index (χ2n) is 13.5. The average molecular weight is 619 g/mol. The zero-order valence-corrected chi connectivity index (χ0v) is 28.4. The Kier molecular flexibility index (Phi) is 10.6. The summed E-state index contributed by atoms with van der Waals surface area (Å²) < 4.78 is 28.7. The lowest BCUT2D eigenvalue weighted by atomic mass is 10.1. The molecule has 0 bridgehead atoms. The molecular weight excluding hydrogens is 568 g/mol. The molecule has 1 saturated heterocycles. The van der Waals surface area contributed by atoms with Crippen molar-refractivity contribution in [3.63, 3.8) is 0 Å². The zero-order valence-electron chi connectivity index (χ0n) is 27.4. The van der Waals surface area contributed by atoms with E-state index in [4.69, 9.17) is 28.8 Å². The maximum atomic E-state index is 6.69. The van der Waals surface area contributed by atoms with E-state index in [2.05, 4.69) is 82.0 Å². The van der Waals surface area contributed by atoms with Crippen molar-refractivity contribution < 1.29 is 18.6 Å². The van der Waals surface area contributed by atoms with Gasteiger partial charge in [-0.15, -0.1) is 0 Å². The summed E-state index contributed by atoms with van der Waals surface area (Å²) in [4.78, 5) is 0. The third-order valence-electron chi connectivity index (χ3n) is 8.90. The first-order chi connectivity index (χ1) is 21.1. The van der Waals surface area contributed by atoms with Gasteiger partial charge in [0, 0.05) is 43.5 Å². The Balaban J connectivity index is 1.22. The number of rotatable bonds is 14. The molecule has 0 aliphatic carbocycles. The van der Waals surface area contributed by atoms with E-state index in [1.165, 1.54) is 5.56 Å². The van der Waals surface area contributed by atoms with Gasteiger partial charge in [-0.2, -0.15) is 10.2 Å². The predicted octanol–water partition coefficient (Wildman–Crippen LogP) is 8.39. The highest BCUT2D eigenvalue weighted by molar-refractivity contribution is 6.74. The van der Waals surface area contributed by atoms with Crippen LogP contribution in [0.25, 0.3) is 22.2 Å². The van der Waals surface area contributed by atoms with E-state index in [0.29, 0.717) is 19.8 Å². The van der Waals surface area contributed by atoms with Crippen molar-refractivity contribution >= 4 is 19.2 Å². The van der Waals surface area contributed by atoms with Gasteiger partial charge in [-0.3, -0.25) is 4.68 Å². The molecule has 2 atom stereocenters. The second kappa shape index (κ2) is 14.4. The van der Waals surface area contributed by atoms with Gasteiger partial charge in [0.05, 0.1) is 24.4 Å². The van der Waals surface area contributed by atoms with E-state index in [1.807, 2.05) is 29.1 Å². The minimum absolute atomic E-state index is 0.0519. The van der Waals surface area contributed by atoms with Crippen LogP contribution in [0.2, 0.25) is 18.1 Å². The monoisotopic (exact) mass is 618 g/mol. The molecule has 44 heavy (non-hydrogen) atoms. The summed E-state index contributed by atoms with van der Waals surface area (Å²) in [5.41, 5.74) is 4.18. The van der Waals surface area contributed by atoms with E-state index < -0.39 is 8.32 Å². The van der Waals surface area contributed by atoms with Gasteiger partial charge in [0.1, 0.15) is 11.4 Å². The van der Waals surface area contributed by atoms with Crippen molar-refractivity contribution in [2.24, 2.45) is 0 Å². The number of fused-ring (bicyclic) bond motifs is 1. The maximum Gasteiger partial charge on any atom is 0.250 e. The van der Waals surface area contributed by atoms with E-state index in [1.54, 1.807) is 0 Å². The minimum Gasteiger partial charge on any atom is -0.543 e. The van der Waals surface area contributed by atoms with Crippen LogP contribution in [0.15, 0.2) is 60.9 Å². The highest BCUT2D eigenvalue weighted by Gasteiger charge is 2.39. The van der Waals surface area contributed by atoms with Crippen molar-refractivity contribution in [2.75, 3.05) is 19.8 Å². The molecule has 0 spiro atoms. The average Bonchev–Trinajstić information content (AvgIpc) is 3.63. The minimum atomic E-state index is -1.99. The van der Waals surface area contributed by atoms with Crippen LogP contribution >= 0.6 is 0 Å². The van der Waals surface area contributed by atoms with Gasteiger partial charge < -0.3 is 18.6 Å². The van der Waals surface area contributed by atoms with Crippen molar-refractivity contribution in [3.05, 3.63) is 66.5 Å². The van der Waals surface area contributed by atoms with Crippen LogP contribution in [0.5, 0.6) is 5.75 Å². The molecule has 2 unspecified atom stereocenters. The Labute approximate surface area is 263 Å². The molecule has 8 nitrogen and oxygen atoms in total. The largest absolute Gasteiger partial charge is 0.543 e. The first-order valence-electron chi connectivity index (χ1n) is 16.2. The first kappa shape index (κ1) is 32.4. The van der Waals surface area contributed by atoms with Gasteiger partial charge in [-0.25, -0.2) is 4.68 Å². The molecule has 238 valence electrons. The summed E-state index contributed by atoms with van der Waals surface area (Å²) in [6, 6.07) is 16.7. The third-order valence-corrected chi connectivity index (χ3v) is 13.3. The molecule has 2 aromatic carbocycles. The van der Waals surface area contributed by atoms with Crippen LogP contribution in [-0.4, -0.2) is 53.8 Å². The highest BCUT2D eigenvalue weighted by Crippen LogP contribution is 2.39. The molecule has 4 aromatic rings. The third kappa shape index (κ3) is 8.18. The zero-order chi connectivity index (χ0) is 31.2. The molecule has 1 fully saturated rings. The van der Waals surface area contributed by atoms with Crippen LogP contribution in [0.1, 0.15) is 71.6 Å². The molecule has 0 N–H and O–H groups in total.